The maximum Gasteiger partial charge on any atom is 0.0270 e. The van der Waals surface area contributed by atoms with E-state index in [0.717, 1.165) is 12.3 Å². The smallest absolute Gasteiger partial charge is 0.0270 e. The molecule has 0 radical (unpaired) electrons. The van der Waals surface area contributed by atoms with Crippen LogP contribution >= 0.6 is 0 Å². The molecule has 2 nitrogen and oxygen atoms in total. The quantitative estimate of drug-likeness (QED) is 0.774. The van der Waals surface area contributed by atoms with Crippen LogP contribution in [0.3, 0.4) is 0 Å². The second-order valence-electron chi connectivity index (χ2n) is 4.03. The molecule has 0 spiro atoms. The highest BCUT2D eigenvalue weighted by atomic mass is 14.9. The van der Waals surface area contributed by atoms with Gasteiger partial charge in [0.2, 0.25) is 0 Å². The van der Waals surface area contributed by atoms with Gasteiger partial charge in [-0.3, -0.25) is 4.98 Å². The van der Waals surface area contributed by atoms with Gasteiger partial charge in [0.1, 0.15) is 0 Å². The Morgan fingerprint density at radius 2 is 1.80 bits per heavy atom. The molecular formula is C13H22N2. The van der Waals surface area contributed by atoms with Crippen LogP contribution in [0.2, 0.25) is 0 Å². The van der Waals surface area contributed by atoms with E-state index in [-0.39, 0.29) is 0 Å². The summed E-state index contributed by atoms with van der Waals surface area (Å²) in [5, 5.41) is 3.43. The van der Waals surface area contributed by atoms with E-state index < -0.39 is 0 Å². The third-order valence-corrected chi connectivity index (χ3v) is 3.19. The lowest BCUT2D eigenvalue weighted by Crippen LogP contribution is -2.35. The first kappa shape index (κ1) is 12.2. The van der Waals surface area contributed by atoms with Crippen molar-refractivity contribution in [1.82, 2.24) is 10.3 Å². The van der Waals surface area contributed by atoms with Crippen molar-refractivity contribution in [2.45, 2.75) is 39.2 Å². The summed E-state index contributed by atoms with van der Waals surface area (Å²) in [7, 11) is 2.06. The van der Waals surface area contributed by atoms with Gasteiger partial charge < -0.3 is 5.32 Å². The summed E-state index contributed by atoms with van der Waals surface area (Å²) in [4.78, 5) is 4.04. The molecule has 0 saturated heterocycles. The molecular weight excluding hydrogens is 184 g/mol. The number of nitrogens with zero attached hydrogens (tertiary/aromatic N) is 1. The molecule has 0 aliphatic heterocycles. The van der Waals surface area contributed by atoms with Gasteiger partial charge in [-0.25, -0.2) is 0 Å². The third kappa shape index (κ3) is 3.63. The Morgan fingerprint density at radius 1 is 1.20 bits per heavy atom. The Labute approximate surface area is 93.1 Å². The lowest BCUT2D eigenvalue weighted by Gasteiger charge is -2.24. The molecule has 1 N–H and O–H groups in total. The molecule has 1 aromatic heterocycles. The van der Waals surface area contributed by atoms with Gasteiger partial charge in [0.05, 0.1) is 0 Å². The topological polar surface area (TPSA) is 24.9 Å². The van der Waals surface area contributed by atoms with E-state index in [1.54, 1.807) is 0 Å². The highest BCUT2D eigenvalue weighted by Crippen LogP contribution is 2.16. The summed E-state index contributed by atoms with van der Waals surface area (Å²) in [5.41, 5.74) is 1.37. The monoisotopic (exact) mass is 206 g/mol. The Morgan fingerprint density at radius 3 is 2.27 bits per heavy atom. The molecule has 0 bridgehead atoms. The van der Waals surface area contributed by atoms with Crippen molar-refractivity contribution < 1.29 is 0 Å². The van der Waals surface area contributed by atoms with Gasteiger partial charge in [-0.15, -0.1) is 0 Å². The lowest BCUT2D eigenvalue weighted by atomic mass is 9.90. The minimum Gasteiger partial charge on any atom is -0.316 e. The normalized spacial score (nSPS) is 13.1. The van der Waals surface area contributed by atoms with Crippen molar-refractivity contribution in [3.8, 4) is 0 Å². The number of hydrogen-bond acceptors (Lipinski definition) is 2. The number of rotatable bonds is 6. The Kier molecular flexibility index (Phi) is 5.33. The zero-order chi connectivity index (χ0) is 11.1. The van der Waals surface area contributed by atoms with Gasteiger partial charge in [-0.05, 0) is 37.1 Å². The molecule has 0 aliphatic carbocycles. The Bertz CT molecular complexity index is 254. The van der Waals surface area contributed by atoms with Crippen LogP contribution in [-0.2, 0) is 6.42 Å². The predicted molar refractivity (Wildman–Crippen MR) is 64.9 cm³/mol. The molecule has 0 saturated carbocycles. The molecule has 0 aliphatic rings. The van der Waals surface area contributed by atoms with Crippen LogP contribution in [0.5, 0.6) is 0 Å². The van der Waals surface area contributed by atoms with Crippen LogP contribution < -0.4 is 5.32 Å². The van der Waals surface area contributed by atoms with Gasteiger partial charge in [0.15, 0.2) is 0 Å². The van der Waals surface area contributed by atoms with E-state index in [9.17, 15) is 0 Å². The van der Waals surface area contributed by atoms with Crippen molar-refractivity contribution in [3.05, 3.63) is 30.1 Å². The third-order valence-electron chi connectivity index (χ3n) is 3.19. The summed E-state index contributed by atoms with van der Waals surface area (Å²) >= 11 is 0. The molecule has 2 heteroatoms. The standard InChI is InChI=1S/C13H22N2/c1-4-12(5-2)13(14-3)10-11-6-8-15-9-7-11/h6-9,12-14H,4-5,10H2,1-3H3. The summed E-state index contributed by atoms with van der Waals surface area (Å²) in [5.74, 6) is 0.767. The number of aromatic nitrogens is 1. The maximum absolute atomic E-state index is 4.04. The van der Waals surface area contributed by atoms with Crippen LogP contribution in [0.4, 0.5) is 0 Å². The number of pyridine rings is 1. The van der Waals surface area contributed by atoms with E-state index in [1.165, 1.54) is 18.4 Å². The van der Waals surface area contributed by atoms with Gasteiger partial charge in [0.25, 0.3) is 0 Å². The molecule has 84 valence electrons. The minimum atomic E-state index is 0.586. The Hall–Kier alpha value is -0.890. The van der Waals surface area contributed by atoms with Gasteiger partial charge >= 0.3 is 0 Å². The van der Waals surface area contributed by atoms with Crippen LogP contribution in [0.1, 0.15) is 32.3 Å². The van der Waals surface area contributed by atoms with Crippen LogP contribution in [0, 0.1) is 5.92 Å². The first-order valence-corrected chi connectivity index (χ1v) is 5.87. The average Bonchev–Trinajstić information content (AvgIpc) is 2.30. The fraction of sp³-hybridized carbons (Fsp3) is 0.615. The van der Waals surface area contributed by atoms with Crippen molar-refractivity contribution in [2.24, 2.45) is 5.92 Å². The van der Waals surface area contributed by atoms with Gasteiger partial charge in [-0.2, -0.15) is 0 Å². The molecule has 15 heavy (non-hydrogen) atoms. The fourth-order valence-electron chi connectivity index (χ4n) is 2.13. The van der Waals surface area contributed by atoms with Gasteiger partial charge in [-0.1, -0.05) is 26.7 Å². The Balaban J connectivity index is 2.61. The first-order valence-electron chi connectivity index (χ1n) is 5.87. The van der Waals surface area contributed by atoms with E-state index in [0.29, 0.717) is 6.04 Å². The molecule has 1 atom stereocenters. The largest absolute Gasteiger partial charge is 0.316 e. The summed E-state index contributed by atoms with van der Waals surface area (Å²) in [6, 6.07) is 4.79. The van der Waals surface area contributed by atoms with E-state index in [2.05, 4.69) is 43.3 Å². The fourth-order valence-corrected chi connectivity index (χ4v) is 2.13. The van der Waals surface area contributed by atoms with Crippen LogP contribution in [0.15, 0.2) is 24.5 Å². The number of likely N-dealkylation sites (N-methyl/N-ethyl adjacent to an activating group) is 1. The summed E-state index contributed by atoms with van der Waals surface area (Å²) in [6.45, 7) is 4.54. The van der Waals surface area contributed by atoms with E-state index in [4.69, 9.17) is 0 Å². The van der Waals surface area contributed by atoms with Crippen LogP contribution in [0.25, 0.3) is 0 Å². The predicted octanol–water partition coefficient (Wildman–Crippen LogP) is 2.65. The lowest BCUT2D eigenvalue weighted by molar-refractivity contribution is 0.349. The van der Waals surface area contributed by atoms with Crippen LogP contribution in [-0.4, -0.2) is 18.1 Å². The zero-order valence-corrected chi connectivity index (χ0v) is 10.0. The molecule has 1 rings (SSSR count). The highest BCUT2D eigenvalue weighted by Gasteiger charge is 2.16. The average molecular weight is 206 g/mol. The second kappa shape index (κ2) is 6.57. The molecule has 1 unspecified atom stereocenters. The SMILES string of the molecule is CCC(CC)C(Cc1ccncc1)NC. The highest BCUT2D eigenvalue weighted by molar-refractivity contribution is 5.11. The summed E-state index contributed by atoms with van der Waals surface area (Å²) < 4.78 is 0. The van der Waals surface area contributed by atoms with Crippen molar-refractivity contribution in [3.63, 3.8) is 0 Å². The van der Waals surface area contributed by atoms with Crippen molar-refractivity contribution in [2.75, 3.05) is 7.05 Å². The molecule has 0 aromatic carbocycles. The maximum atomic E-state index is 4.04. The van der Waals surface area contributed by atoms with E-state index >= 15 is 0 Å². The summed E-state index contributed by atoms with van der Waals surface area (Å²) in [6.07, 6.45) is 7.33. The molecule has 0 amide bonds. The minimum absolute atomic E-state index is 0.586. The van der Waals surface area contributed by atoms with Gasteiger partial charge in [0, 0.05) is 18.4 Å². The molecule has 1 heterocycles. The van der Waals surface area contributed by atoms with E-state index in [1.807, 2.05) is 12.4 Å². The zero-order valence-electron chi connectivity index (χ0n) is 10.0. The first-order chi connectivity index (χ1) is 7.31. The second-order valence-corrected chi connectivity index (χ2v) is 4.03. The van der Waals surface area contributed by atoms with Crippen molar-refractivity contribution in [1.29, 1.82) is 0 Å². The van der Waals surface area contributed by atoms with Crippen molar-refractivity contribution >= 4 is 0 Å². The molecule has 1 aromatic rings. The molecule has 0 fully saturated rings. The number of hydrogen-bond donors (Lipinski definition) is 1. The number of nitrogens with one attached hydrogen (secondary N) is 1.